The Hall–Kier alpha value is -3.11. The van der Waals surface area contributed by atoms with Gasteiger partial charge in [-0.1, -0.05) is 12.1 Å². The largest absolute Gasteiger partial charge is 0.384 e. The van der Waals surface area contributed by atoms with Gasteiger partial charge in [0.2, 0.25) is 5.91 Å². The molecule has 2 aliphatic heterocycles. The zero-order valence-electron chi connectivity index (χ0n) is 17.1. The van der Waals surface area contributed by atoms with Crippen molar-refractivity contribution >= 4 is 11.6 Å². The number of carbonyl (C=O) groups is 1. The summed E-state index contributed by atoms with van der Waals surface area (Å²) in [6.45, 7) is 2.92. The lowest BCUT2D eigenvalue weighted by Crippen LogP contribution is -2.49. The maximum Gasteiger partial charge on any atom is 0.274 e. The molecule has 1 aromatic heterocycles. The zero-order chi connectivity index (χ0) is 21.1. The van der Waals surface area contributed by atoms with Crippen molar-refractivity contribution in [3.8, 4) is 6.07 Å². The van der Waals surface area contributed by atoms with Crippen molar-refractivity contribution in [1.82, 2.24) is 9.47 Å². The number of likely N-dealkylation sites (tertiary alicyclic amines) is 1. The van der Waals surface area contributed by atoms with Crippen molar-refractivity contribution in [2.24, 2.45) is 5.92 Å². The van der Waals surface area contributed by atoms with Crippen LogP contribution in [-0.4, -0.2) is 42.2 Å². The van der Waals surface area contributed by atoms with Crippen LogP contribution in [0.2, 0.25) is 0 Å². The van der Waals surface area contributed by atoms with E-state index in [0.29, 0.717) is 56.4 Å². The van der Waals surface area contributed by atoms with E-state index in [0.717, 1.165) is 17.7 Å². The van der Waals surface area contributed by atoms with E-state index in [-0.39, 0.29) is 17.4 Å². The summed E-state index contributed by atoms with van der Waals surface area (Å²) in [5.41, 5.74) is 3.12. The van der Waals surface area contributed by atoms with Gasteiger partial charge in [-0.2, -0.15) is 5.26 Å². The molecular formula is C23H26N4O3. The highest BCUT2D eigenvalue weighted by atomic mass is 16.5. The normalized spacial score (nSPS) is 19.7. The number of carbonyl (C=O) groups excluding carboxylic acids is 1. The first-order valence-electron chi connectivity index (χ1n) is 10.3. The molecule has 2 atom stereocenters. The molecule has 0 saturated carbocycles. The standard InChI is InChI=1S/C23H26N4O3/c1-30-8-7-22(28)26-13-18-10-19(15-26)21-6-5-20(23(29)27(21)14-18)25-12-17-4-2-3-16(9-17)11-24/h2-6,9,18-19,25H,7-8,10,12-15H2,1H3/t18-,19+/m0/s1. The maximum atomic E-state index is 13.1. The van der Waals surface area contributed by atoms with E-state index >= 15 is 0 Å². The van der Waals surface area contributed by atoms with Crippen molar-refractivity contribution in [3.05, 3.63) is 63.6 Å². The number of fused-ring (bicyclic) bond motifs is 4. The molecule has 0 radical (unpaired) electrons. The molecule has 1 aromatic carbocycles. The summed E-state index contributed by atoms with van der Waals surface area (Å²) >= 11 is 0. The van der Waals surface area contributed by atoms with E-state index in [4.69, 9.17) is 10.00 Å². The number of ether oxygens (including phenoxy) is 1. The lowest BCUT2D eigenvalue weighted by Gasteiger charge is -2.43. The average Bonchev–Trinajstić information content (AvgIpc) is 2.77. The predicted molar refractivity (Wildman–Crippen MR) is 113 cm³/mol. The summed E-state index contributed by atoms with van der Waals surface area (Å²) in [7, 11) is 1.60. The Morgan fingerprint density at radius 3 is 2.93 bits per heavy atom. The predicted octanol–water partition coefficient (Wildman–Crippen LogP) is 2.31. The van der Waals surface area contributed by atoms with Gasteiger partial charge in [0.05, 0.1) is 24.7 Å². The number of nitrogens with zero attached hydrogens (tertiary/aromatic N) is 3. The fraction of sp³-hybridized carbons (Fsp3) is 0.435. The molecule has 1 saturated heterocycles. The smallest absolute Gasteiger partial charge is 0.274 e. The highest BCUT2D eigenvalue weighted by Crippen LogP contribution is 2.35. The summed E-state index contributed by atoms with van der Waals surface area (Å²) in [6.07, 6.45) is 1.42. The Morgan fingerprint density at radius 1 is 1.27 bits per heavy atom. The van der Waals surface area contributed by atoms with Crippen LogP contribution in [0.5, 0.6) is 0 Å². The number of aromatic nitrogens is 1. The number of hydrogen-bond acceptors (Lipinski definition) is 5. The third-order valence-corrected chi connectivity index (χ3v) is 6.02. The van der Waals surface area contributed by atoms with Crippen LogP contribution in [0.3, 0.4) is 0 Å². The molecule has 156 valence electrons. The molecule has 1 amide bonds. The zero-order valence-corrected chi connectivity index (χ0v) is 17.1. The first kappa shape index (κ1) is 20.2. The number of anilines is 1. The van der Waals surface area contributed by atoms with Crippen LogP contribution < -0.4 is 10.9 Å². The Kier molecular flexibility index (Phi) is 5.86. The van der Waals surface area contributed by atoms with Crippen LogP contribution in [0.4, 0.5) is 5.69 Å². The summed E-state index contributed by atoms with van der Waals surface area (Å²) in [4.78, 5) is 27.5. The molecular weight excluding hydrogens is 380 g/mol. The lowest BCUT2D eigenvalue weighted by atomic mass is 9.83. The van der Waals surface area contributed by atoms with Crippen LogP contribution in [-0.2, 0) is 22.6 Å². The third kappa shape index (κ3) is 4.10. The number of hydrogen-bond donors (Lipinski definition) is 1. The molecule has 30 heavy (non-hydrogen) atoms. The Balaban J connectivity index is 1.50. The van der Waals surface area contributed by atoms with Gasteiger partial charge in [-0.15, -0.1) is 0 Å². The van der Waals surface area contributed by atoms with Crippen molar-refractivity contribution < 1.29 is 9.53 Å². The first-order valence-corrected chi connectivity index (χ1v) is 10.3. The minimum absolute atomic E-state index is 0.0159. The minimum Gasteiger partial charge on any atom is -0.384 e. The number of nitrogens with one attached hydrogen (secondary N) is 1. The molecule has 2 aliphatic rings. The molecule has 0 spiro atoms. The fourth-order valence-corrected chi connectivity index (χ4v) is 4.58. The summed E-state index contributed by atoms with van der Waals surface area (Å²) in [6, 6.07) is 13.4. The SMILES string of the molecule is COCCC(=O)N1C[C@@H]2C[C@H](C1)c1ccc(NCc3cccc(C#N)c3)c(=O)n1C2. The van der Waals surface area contributed by atoms with Gasteiger partial charge in [0.15, 0.2) is 0 Å². The second-order valence-corrected chi connectivity index (χ2v) is 8.09. The van der Waals surface area contributed by atoms with Gasteiger partial charge in [0.1, 0.15) is 5.69 Å². The lowest BCUT2D eigenvalue weighted by molar-refractivity contribution is -0.134. The van der Waals surface area contributed by atoms with Crippen LogP contribution >= 0.6 is 0 Å². The van der Waals surface area contributed by atoms with Gasteiger partial charge in [-0.3, -0.25) is 9.59 Å². The van der Waals surface area contributed by atoms with E-state index < -0.39 is 0 Å². The van der Waals surface area contributed by atoms with Crippen LogP contribution in [0.1, 0.15) is 35.6 Å². The van der Waals surface area contributed by atoms with Crippen LogP contribution in [0.15, 0.2) is 41.2 Å². The Bertz CT molecular complexity index is 1040. The van der Waals surface area contributed by atoms with Gasteiger partial charge >= 0.3 is 0 Å². The molecule has 2 bridgehead atoms. The van der Waals surface area contributed by atoms with Gasteiger partial charge in [-0.05, 0) is 42.2 Å². The molecule has 1 fully saturated rings. The number of nitriles is 1. The molecule has 2 aromatic rings. The number of rotatable bonds is 6. The second-order valence-electron chi connectivity index (χ2n) is 8.09. The van der Waals surface area contributed by atoms with Crippen molar-refractivity contribution in [2.45, 2.75) is 31.8 Å². The number of piperidine rings is 1. The highest BCUT2D eigenvalue weighted by Gasteiger charge is 2.36. The average molecular weight is 406 g/mol. The van der Waals surface area contributed by atoms with Crippen LogP contribution in [0, 0.1) is 17.2 Å². The monoisotopic (exact) mass is 406 g/mol. The summed E-state index contributed by atoms with van der Waals surface area (Å²) in [5.74, 6) is 0.612. The van der Waals surface area contributed by atoms with Crippen molar-refractivity contribution in [2.75, 3.05) is 32.1 Å². The molecule has 0 unspecified atom stereocenters. The van der Waals surface area contributed by atoms with Crippen LogP contribution in [0.25, 0.3) is 0 Å². The molecule has 7 heteroatoms. The number of pyridine rings is 1. The summed E-state index contributed by atoms with van der Waals surface area (Å²) < 4.78 is 6.91. The van der Waals surface area contributed by atoms with Gasteiger partial charge in [-0.25, -0.2) is 0 Å². The maximum absolute atomic E-state index is 13.1. The quantitative estimate of drug-likeness (QED) is 0.796. The van der Waals surface area contributed by atoms with Crippen molar-refractivity contribution in [3.63, 3.8) is 0 Å². The van der Waals surface area contributed by atoms with E-state index in [1.54, 1.807) is 13.2 Å². The van der Waals surface area contributed by atoms with Crippen molar-refractivity contribution in [1.29, 1.82) is 5.26 Å². The number of benzene rings is 1. The minimum atomic E-state index is -0.0159. The Labute approximate surface area is 175 Å². The Morgan fingerprint density at radius 2 is 2.13 bits per heavy atom. The molecule has 3 heterocycles. The number of methoxy groups -OCH3 is 1. The molecule has 0 aliphatic carbocycles. The topological polar surface area (TPSA) is 87.4 Å². The highest BCUT2D eigenvalue weighted by molar-refractivity contribution is 5.76. The van der Waals surface area contributed by atoms with Gasteiger partial charge in [0, 0.05) is 44.9 Å². The van der Waals surface area contributed by atoms with E-state index in [1.165, 1.54) is 0 Å². The van der Waals surface area contributed by atoms with E-state index in [2.05, 4.69) is 11.4 Å². The number of amides is 1. The molecule has 4 rings (SSSR count). The third-order valence-electron chi connectivity index (χ3n) is 6.02. The molecule has 7 nitrogen and oxygen atoms in total. The van der Waals surface area contributed by atoms with Gasteiger partial charge < -0.3 is 19.5 Å². The molecule has 1 N–H and O–H groups in total. The van der Waals surface area contributed by atoms with E-state index in [9.17, 15) is 9.59 Å². The fourth-order valence-electron chi connectivity index (χ4n) is 4.58. The first-order chi connectivity index (χ1) is 14.6. The second kappa shape index (κ2) is 8.72. The van der Waals surface area contributed by atoms with Gasteiger partial charge in [0.25, 0.3) is 5.56 Å². The van der Waals surface area contributed by atoms with E-state index in [1.807, 2.05) is 39.8 Å². The summed E-state index contributed by atoms with van der Waals surface area (Å²) in [5, 5.41) is 12.3.